The number of benzene rings is 2. The smallest absolute Gasteiger partial charge is 0.242 e. The Morgan fingerprint density at radius 2 is 1.61 bits per heavy atom. The molecule has 5 heteroatoms. The maximum atomic E-state index is 12.9. The van der Waals surface area contributed by atoms with Crippen molar-refractivity contribution in [3.63, 3.8) is 0 Å². The number of amides is 2. The van der Waals surface area contributed by atoms with E-state index in [-0.39, 0.29) is 24.3 Å². The van der Waals surface area contributed by atoms with E-state index in [9.17, 15) is 9.59 Å². The summed E-state index contributed by atoms with van der Waals surface area (Å²) in [5, 5.41) is 0. The van der Waals surface area contributed by atoms with Gasteiger partial charge in [-0.25, -0.2) is 0 Å². The Morgan fingerprint density at radius 1 is 0.893 bits per heavy atom. The highest BCUT2D eigenvalue weighted by molar-refractivity contribution is 5.86. The maximum Gasteiger partial charge on any atom is 0.242 e. The zero-order chi connectivity index (χ0) is 19.3. The number of para-hydroxylation sites is 1. The van der Waals surface area contributed by atoms with Crippen LogP contribution in [0.2, 0.25) is 0 Å². The van der Waals surface area contributed by atoms with Crippen molar-refractivity contribution in [2.24, 2.45) is 0 Å². The largest absolute Gasteiger partial charge is 0.370 e. The standard InChI is InChI=1S/C23H27N3O2/c27-22-16-20(19-8-3-1-4-9-19)17-26(22)18-23(28)25-13-7-12-24(14-15-25)21-10-5-2-6-11-21/h1-6,8-11,20H,7,12-18H2/t20-/m1/s1. The average Bonchev–Trinajstić information content (AvgIpc) is 2.94. The van der Waals surface area contributed by atoms with Crippen LogP contribution in [0.5, 0.6) is 0 Å². The molecule has 0 N–H and O–H groups in total. The number of carbonyl (C=O) groups is 2. The summed E-state index contributed by atoms with van der Waals surface area (Å²) in [7, 11) is 0. The van der Waals surface area contributed by atoms with E-state index in [0.717, 1.165) is 26.1 Å². The first-order valence-electron chi connectivity index (χ1n) is 10.1. The highest BCUT2D eigenvalue weighted by Gasteiger charge is 2.32. The molecule has 146 valence electrons. The van der Waals surface area contributed by atoms with Crippen LogP contribution in [-0.2, 0) is 9.59 Å². The van der Waals surface area contributed by atoms with Crippen molar-refractivity contribution in [2.75, 3.05) is 44.2 Å². The molecule has 0 radical (unpaired) electrons. The molecule has 5 nitrogen and oxygen atoms in total. The lowest BCUT2D eigenvalue weighted by Crippen LogP contribution is -2.42. The number of hydrogen-bond acceptors (Lipinski definition) is 3. The van der Waals surface area contributed by atoms with E-state index in [1.54, 1.807) is 4.90 Å². The maximum absolute atomic E-state index is 12.9. The van der Waals surface area contributed by atoms with Gasteiger partial charge >= 0.3 is 0 Å². The summed E-state index contributed by atoms with van der Waals surface area (Å²) in [6.07, 6.45) is 1.44. The molecule has 0 unspecified atom stereocenters. The van der Waals surface area contributed by atoms with Gasteiger partial charge in [0.05, 0.1) is 6.54 Å². The molecule has 2 aliphatic rings. The fourth-order valence-corrected chi connectivity index (χ4v) is 4.20. The molecule has 2 amide bonds. The van der Waals surface area contributed by atoms with Gasteiger partial charge in [0.1, 0.15) is 0 Å². The van der Waals surface area contributed by atoms with Crippen molar-refractivity contribution in [1.29, 1.82) is 0 Å². The minimum absolute atomic E-state index is 0.0666. The second-order valence-corrected chi connectivity index (χ2v) is 7.64. The summed E-state index contributed by atoms with van der Waals surface area (Å²) in [5.41, 5.74) is 2.39. The second kappa shape index (κ2) is 8.46. The first kappa shape index (κ1) is 18.5. The Bertz CT molecular complexity index is 809. The van der Waals surface area contributed by atoms with Gasteiger partial charge in [0.15, 0.2) is 0 Å². The fourth-order valence-electron chi connectivity index (χ4n) is 4.20. The lowest BCUT2D eigenvalue weighted by atomic mass is 9.99. The van der Waals surface area contributed by atoms with Crippen LogP contribution in [0.3, 0.4) is 0 Å². The van der Waals surface area contributed by atoms with Crippen LogP contribution in [0.25, 0.3) is 0 Å². The highest BCUT2D eigenvalue weighted by atomic mass is 16.2. The summed E-state index contributed by atoms with van der Waals surface area (Å²) in [5.74, 6) is 0.346. The number of rotatable bonds is 4. The van der Waals surface area contributed by atoms with Crippen LogP contribution in [0.15, 0.2) is 60.7 Å². The first-order valence-corrected chi connectivity index (χ1v) is 10.1. The Balaban J connectivity index is 1.33. The Labute approximate surface area is 166 Å². The third kappa shape index (κ3) is 4.19. The van der Waals surface area contributed by atoms with Crippen LogP contribution >= 0.6 is 0 Å². The van der Waals surface area contributed by atoms with Crippen LogP contribution < -0.4 is 4.90 Å². The molecular weight excluding hydrogens is 350 g/mol. The lowest BCUT2D eigenvalue weighted by Gasteiger charge is -2.25. The fraction of sp³-hybridized carbons (Fsp3) is 0.391. The zero-order valence-electron chi connectivity index (χ0n) is 16.2. The summed E-state index contributed by atoms with van der Waals surface area (Å²) in [6.45, 7) is 4.08. The Kier molecular flexibility index (Phi) is 5.60. The summed E-state index contributed by atoms with van der Waals surface area (Å²) >= 11 is 0. The Hall–Kier alpha value is -2.82. The van der Waals surface area contributed by atoms with Crippen LogP contribution in [-0.4, -0.2) is 60.9 Å². The first-order chi connectivity index (χ1) is 13.7. The van der Waals surface area contributed by atoms with E-state index in [1.165, 1.54) is 11.3 Å². The molecule has 0 spiro atoms. The summed E-state index contributed by atoms with van der Waals surface area (Å²) < 4.78 is 0. The predicted molar refractivity (Wildman–Crippen MR) is 110 cm³/mol. The molecule has 0 aromatic heterocycles. The minimum Gasteiger partial charge on any atom is -0.370 e. The van der Waals surface area contributed by atoms with Gasteiger partial charge in [0, 0.05) is 50.7 Å². The predicted octanol–water partition coefficient (Wildman–Crippen LogP) is 2.74. The van der Waals surface area contributed by atoms with Crippen LogP contribution in [0, 0.1) is 0 Å². The van der Waals surface area contributed by atoms with Crippen molar-refractivity contribution in [2.45, 2.75) is 18.8 Å². The quantitative estimate of drug-likeness (QED) is 0.823. The van der Waals surface area contributed by atoms with E-state index >= 15 is 0 Å². The molecule has 2 aromatic rings. The third-order valence-electron chi connectivity index (χ3n) is 5.78. The topological polar surface area (TPSA) is 43.9 Å². The highest BCUT2D eigenvalue weighted by Crippen LogP contribution is 2.28. The molecular formula is C23H27N3O2. The van der Waals surface area contributed by atoms with E-state index in [0.29, 0.717) is 19.5 Å². The van der Waals surface area contributed by atoms with E-state index < -0.39 is 0 Å². The molecule has 1 atom stereocenters. The van der Waals surface area contributed by atoms with Crippen molar-refractivity contribution in [3.05, 3.63) is 66.2 Å². The molecule has 0 bridgehead atoms. The second-order valence-electron chi connectivity index (χ2n) is 7.64. The number of anilines is 1. The monoisotopic (exact) mass is 377 g/mol. The van der Waals surface area contributed by atoms with E-state index in [1.807, 2.05) is 41.3 Å². The van der Waals surface area contributed by atoms with Crippen molar-refractivity contribution in [1.82, 2.24) is 9.80 Å². The van der Waals surface area contributed by atoms with E-state index in [2.05, 4.69) is 29.2 Å². The molecule has 4 rings (SSSR count). The molecule has 0 saturated carbocycles. The van der Waals surface area contributed by atoms with Gasteiger partial charge in [-0.3, -0.25) is 9.59 Å². The van der Waals surface area contributed by atoms with Crippen molar-refractivity contribution in [3.8, 4) is 0 Å². The zero-order valence-corrected chi connectivity index (χ0v) is 16.2. The van der Waals surface area contributed by atoms with Gasteiger partial charge in [-0.15, -0.1) is 0 Å². The van der Waals surface area contributed by atoms with Crippen LogP contribution in [0.4, 0.5) is 5.69 Å². The summed E-state index contributed by atoms with van der Waals surface area (Å²) in [4.78, 5) is 31.3. The average molecular weight is 377 g/mol. The number of carbonyl (C=O) groups excluding carboxylic acids is 2. The minimum atomic E-state index is 0.0666. The van der Waals surface area contributed by atoms with Gasteiger partial charge in [-0.05, 0) is 24.1 Å². The molecule has 2 fully saturated rings. The molecule has 2 heterocycles. The molecule has 2 saturated heterocycles. The van der Waals surface area contributed by atoms with Crippen molar-refractivity contribution >= 4 is 17.5 Å². The Morgan fingerprint density at radius 3 is 2.36 bits per heavy atom. The number of nitrogens with zero attached hydrogens (tertiary/aromatic N) is 3. The lowest BCUT2D eigenvalue weighted by molar-refractivity contribution is -0.138. The number of likely N-dealkylation sites (tertiary alicyclic amines) is 1. The van der Waals surface area contributed by atoms with Gasteiger partial charge in [0.2, 0.25) is 11.8 Å². The van der Waals surface area contributed by atoms with Crippen molar-refractivity contribution < 1.29 is 9.59 Å². The third-order valence-corrected chi connectivity index (χ3v) is 5.78. The van der Waals surface area contributed by atoms with Gasteiger partial charge < -0.3 is 14.7 Å². The van der Waals surface area contributed by atoms with Gasteiger partial charge in [-0.2, -0.15) is 0 Å². The van der Waals surface area contributed by atoms with Gasteiger partial charge in [0.25, 0.3) is 0 Å². The molecule has 0 aliphatic carbocycles. The SMILES string of the molecule is O=C(CN1C[C@H](c2ccccc2)CC1=O)N1CCCN(c2ccccc2)CC1. The molecule has 2 aromatic carbocycles. The normalized spacial score (nSPS) is 20.4. The molecule has 28 heavy (non-hydrogen) atoms. The van der Waals surface area contributed by atoms with Gasteiger partial charge in [-0.1, -0.05) is 48.5 Å². The number of hydrogen-bond donors (Lipinski definition) is 0. The summed E-state index contributed by atoms with van der Waals surface area (Å²) in [6, 6.07) is 20.5. The van der Waals surface area contributed by atoms with E-state index in [4.69, 9.17) is 0 Å². The van der Waals surface area contributed by atoms with Crippen LogP contribution in [0.1, 0.15) is 24.3 Å². The molecule has 2 aliphatic heterocycles.